The second-order valence-electron chi connectivity index (χ2n) is 3.66. The topological polar surface area (TPSA) is 59.3 Å². The van der Waals surface area contributed by atoms with Crippen LogP contribution in [0.3, 0.4) is 0 Å². The minimum absolute atomic E-state index is 0.241. The van der Waals surface area contributed by atoms with Crippen molar-refractivity contribution in [1.82, 2.24) is 0 Å². The molecule has 1 aromatic rings. The molecule has 0 saturated carbocycles. The minimum Gasteiger partial charge on any atom is -0.496 e. The molecule has 17 heavy (non-hydrogen) atoms. The summed E-state index contributed by atoms with van der Waals surface area (Å²) in [5.41, 5.74) is -0.828. The predicted octanol–water partition coefficient (Wildman–Crippen LogP) is 2.04. The number of nitrogens with zero attached hydrogens (tertiary/aromatic N) is 1. The minimum atomic E-state index is -1.34. The summed E-state index contributed by atoms with van der Waals surface area (Å²) < 4.78 is 10.1. The lowest BCUT2D eigenvalue weighted by Crippen LogP contribution is -2.33. The summed E-state index contributed by atoms with van der Waals surface area (Å²) in [4.78, 5) is 11.9. The Morgan fingerprint density at radius 1 is 1.47 bits per heavy atom. The number of carbonyl (C=O) groups is 1. The summed E-state index contributed by atoms with van der Waals surface area (Å²) in [5, 5.41) is 9.25. The van der Waals surface area contributed by atoms with Gasteiger partial charge in [0, 0.05) is 5.56 Å². The summed E-state index contributed by atoms with van der Waals surface area (Å²) in [6.07, 6.45) is 0. The van der Waals surface area contributed by atoms with E-state index in [0.717, 1.165) is 0 Å². The highest BCUT2D eigenvalue weighted by atomic mass is 16.5. The maximum Gasteiger partial charge on any atom is 0.330 e. The molecule has 0 aromatic heterocycles. The Labute approximate surface area is 101 Å². The number of esters is 1. The normalized spacial score (nSPS) is 13.3. The molecule has 0 aliphatic carbocycles. The van der Waals surface area contributed by atoms with Crippen molar-refractivity contribution >= 4 is 5.97 Å². The van der Waals surface area contributed by atoms with Gasteiger partial charge in [0.25, 0.3) is 0 Å². The van der Waals surface area contributed by atoms with E-state index in [4.69, 9.17) is 9.47 Å². The molecule has 1 aromatic carbocycles. The zero-order chi connectivity index (χ0) is 12.9. The molecule has 0 fully saturated rings. The number of ether oxygens (including phenoxy) is 2. The first-order valence-electron chi connectivity index (χ1n) is 5.32. The molecule has 0 amide bonds. The molecule has 1 rings (SSSR count). The first kappa shape index (κ1) is 13.0. The molecular formula is C13H15NO3. The van der Waals surface area contributed by atoms with E-state index in [9.17, 15) is 10.1 Å². The number of methoxy groups -OCH3 is 1. The van der Waals surface area contributed by atoms with Gasteiger partial charge in [0.1, 0.15) is 5.75 Å². The number of para-hydroxylation sites is 1. The summed E-state index contributed by atoms with van der Waals surface area (Å²) in [7, 11) is 1.50. The van der Waals surface area contributed by atoms with Crippen molar-refractivity contribution < 1.29 is 14.3 Å². The Bertz CT molecular complexity index is 450. The van der Waals surface area contributed by atoms with Crippen LogP contribution in [0.5, 0.6) is 5.75 Å². The van der Waals surface area contributed by atoms with Crippen LogP contribution >= 0.6 is 0 Å². The molecule has 0 radical (unpaired) electrons. The molecule has 1 unspecified atom stereocenters. The highest BCUT2D eigenvalue weighted by Crippen LogP contribution is 2.32. The molecule has 0 N–H and O–H groups in total. The zero-order valence-corrected chi connectivity index (χ0v) is 10.2. The molecule has 0 aliphatic rings. The molecule has 0 bridgehead atoms. The van der Waals surface area contributed by atoms with Crippen LogP contribution in [0.25, 0.3) is 0 Å². The Balaban J connectivity index is 3.26. The van der Waals surface area contributed by atoms with Gasteiger partial charge in [-0.1, -0.05) is 18.2 Å². The number of hydrogen-bond acceptors (Lipinski definition) is 4. The maximum atomic E-state index is 11.9. The van der Waals surface area contributed by atoms with Gasteiger partial charge in [0.15, 0.2) is 5.41 Å². The van der Waals surface area contributed by atoms with Gasteiger partial charge >= 0.3 is 5.97 Å². The lowest BCUT2D eigenvalue weighted by molar-refractivity contribution is -0.147. The Morgan fingerprint density at radius 2 is 2.12 bits per heavy atom. The van der Waals surface area contributed by atoms with Crippen LogP contribution in [-0.4, -0.2) is 19.7 Å². The van der Waals surface area contributed by atoms with Crippen LogP contribution in [0, 0.1) is 11.3 Å². The molecule has 4 heteroatoms. The van der Waals surface area contributed by atoms with Gasteiger partial charge in [-0.3, -0.25) is 0 Å². The Morgan fingerprint density at radius 3 is 2.65 bits per heavy atom. The number of hydrogen-bond donors (Lipinski definition) is 0. The van der Waals surface area contributed by atoms with Crippen molar-refractivity contribution in [2.75, 3.05) is 13.7 Å². The summed E-state index contributed by atoms with van der Waals surface area (Å²) in [6, 6.07) is 8.94. The number of nitriles is 1. The Kier molecular flexibility index (Phi) is 4.11. The molecule has 1 atom stereocenters. The number of benzene rings is 1. The van der Waals surface area contributed by atoms with Crippen LogP contribution in [0.2, 0.25) is 0 Å². The second-order valence-corrected chi connectivity index (χ2v) is 3.66. The SMILES string of the molecule is CCOC(=O)C(C)(C#N)c1ccccc1OC. The van der Waals surface area contributed by atoms with Crippen molar-refractivity contribution in [3.8, 4) is 11.8 Å². The largest absolute Gasteiger partial charge is 0.496 e. The fourth-order valence-electron chi connectivity index (χ4n) is 1.55. The quantitative estimate of drug-likeness (QED) is 0.747. The lowest BCUT2D eigenvalue weighted by atomic mass is 9.83. The van der Waals surface area contributed by atoms with Crippen LogP contribution in [0.4, 0.5) is 0 Å². The molecule has 0 aliphatic heterocycles. The van der Waals surface area contributed by atoms with E-state index >= 15 is 0 Å². The first-order valence-corrected chi connectivity index (χ1v) is 5.32. The third-order valence-corrected chi connectivity index (χ3v) is 2.55. The third kappa shape index (κ3) is 2.39. The van der Waals surface area contributed by atoms with E-state index < -0.39 is 11.4 Å². The fourth-order valence-corrected chi connectivity index (χ4v) is 1.55. The lowest BCUT2D eigenvalue weighted by Gasteiger charge is -2.21. The van der Waals surface area contributed by atoms with Crippen molar-refractivity contribution in [3.63, 3.8) is 0 Å². The average molecular weight is 233 g/mol. The highest BCUT2D eigenvalue weighted by Gasteiger charge is 2.39. The van der Waals surface area contributed by atoms with Gasteiger partial charge in [-0.2, -0.15) is 5.26 Å². The third-order valence-electron chi connectivity index (χ3n) is 2.55. The van der Waals surface area contributed by atoms with E-state index in [1.54, 1.807) is 31.2 Å². The molecule has 0 heterocycles. The average Bonchev–Trinajstić information content (AvgIpc) is 2.38. The van der Waals surface area contributed by atoms with Crippen molar-refractivity contribution in [2.24, 2.45) is 0 Å². The van der Waals surface area contributed by atoms with Gasteiger partial charge in [-0.25, -0.2) is 4.79 Å². The van der Waals surface area contributed by atoms with E-state index in [2.05, 4.69) is 0 Å². The summed E-state index contributed by atoms with van der Waals surface area (Å²) in [6.45, 7) is 3.48. The van der Waals surface area contributed by atoms with Crippen molar-refractivity contribution in [1.29, 1.82) is 5.26 Å². The summed E-state index contributed by atoms with van der Waals surface area (Å²) in [5.74, 6) is -0.0587. The van der Waals surface area contributed by atoms with E-state index in [1.807, 2.05) is 6.07 Å². The number of rotatable bonds is 4. The second kappa shape index (κ2) is 5.35. The van der Waals surface area contributed by atoms with E-state index in [0.29, 0.717) is 11.3 Å². The standard InChI is InChI=1S/C13H15NO3/c1-4-17-12(15)13(2,9-14)10-7-5-6-8-11(10)16-3/h5-8H,4H2,1-3H3. The monoisotopic (exact) mass is 233 g/mol. The smallest absolute Gasteiger partial charge is 0.330 e. The first-order chi connectivity index (χ1) is 8.10. The molecule has 0 saturated heterocycles. The molecule has 90 valence electrons. The van der Waals surface area contributed by atoms with E-state index in [1.165, 1.54) is 14.0 Å². The van der Waals surface area contributed by atoms with Gasteiger partial charge in [0.05, 0.1) is 19.8 Å². The highest BCUT2D eigenvalue weighted by molar-refractivity contribution is 5.87. The predicted molar refractivity (Wildman–Crippen MR) is 62.6 cm³/mol. The maximum absolute atomic E-state index is 11.9. The fraction of sp³-hybridized carbons (Fsp3) is 0.385. The van der Waals surface area contributed by atoms with Crippen molar-refractivity contribution in [2.45, 2.75) is 19.3 Å². The van der Waals surface area contributed by atoms with Crippen LogP contribution in [0.1, 0.15) is 19.4 Å². The van der Waals surface area contributed by atoms with Gasteiger partial charge in [-0.15, -0.1) is 0 Å². The molecular weight excluding hydrogens is 218 g/mol. The van der Waals surface area contributed by atoms with Gasteiger partial charge in [-0.05, 0) is 19.9 Å². The van der Waals surface area contributed by atoms with E-state index in [-0.39, 0.29) is 6.61 Å². The Hall–Kier alpha value is -2.02. The van der Waals surface area contributed by atoms with Crippen LogP contribution in [-0.2, 0) is 14.9 Å². The van der Waals surface area contributed by atoms with Crippen molar-refractivity contribution in [3.05, 3.63) is 29.8 Å². The van der Waals surface area contributed by atoms with Crippen LogP contribution in [0.15, 0.2) is 24.3 Å². The molecule has 0 spiro atoms. The van der Waals surface area contributed by atoms with Crippen LogP contribution < -0.4 is 4.74 Å². The van der Waals surface area contributed by atoms with Gasteiger partial charge in [0.2, 0.25) is 0 Å². The number of carbonyl (C=O) groups excluding carboxylic acids is 1. The zero-order valence-electron chi connectivity index (χ0n) is 10.2. The van der Waals surface area contributed by atoms with Gasteiger partial charge < -0.3 is 9.47 Å². The molecule has 4 nitrogen and oxygen atoms in total. The summed E-state index contributed by atoms with van der Waals surface area (Å²) >= 11 is 0.